The smallest absolute Gasteiger partial charge is 0.273 e. The van der Waals surface area contributed by atoms with E-state index in [1.807, 2.05) is 49.5 Å². The Morgan fingerprint density at radius 2 is 1.39 bits per heavy atom. The van der Waals surface area contributed by atoms with Crippen molar-refractivity contribution in [1.82, 2.24) is 9.97 Å². The van der Waals surface area contributed by atoms with Gasteiger partial charge in [-0.05, 0) is 16.7 Å². The second-order valence-corrected chi connectivity index (χ2v) is 8.91. The van der Waals surface area contributed by atoms with E-state index in [0.717, 1.165) is 28.2 Å². The quantitative estimate of drug-likeness (QED) is 0.253. The van der Waals surface area contributed by atoms with Crippen molar-refractivity contribution in [3.63, 3.8) is 0 Å². The van der Waals surface area contributed by atoms with Crippen molar-refractivity contribution < 1.29 is 13.6 Å². The molecule has 0 N–H and O–H groups in total. The summed E-state index contributed by atoms with van der Waals surface area (Å²) < 4.78 is 27.6. The Hall–Kier alpha value is -3.93. The first-order valence-electron chi connectivity index (χ1n) is 12.0. The molecule has 3 aromatic carbocycles. The summed E-state index contributed by atoms with van der Waals surface area (Å²) in [7, 11) is 1.99. The molecule has 4 nitrogen and oxygen atoms in total. The lowest BCUT2D eigenvalue weighted by Crippen LogP contribution is -2.19. The number of carbonyl (C=O) groups excluding carboxylic acids is 1. The maximum absolute atomic E-state index is 13.8. The molecule has 0 radical (unpaired) electrons. The van der Waals surface area contributed by atoms with E-state index in [-0.39, 0.29) is 30.6 Å². The van der Waals surface area contributed by atoms with Crippen LogP contribution in [-0.4, -0.2) is 22.8 Å². The first-order valence-corrected chi connectivity index (χ1v) is 12.0. The summed E-state index contributed by atoms with van der Waals surface area (Å²) in [4.78, 5) is 23.8. The number of carbonyl (C=O) groups is 1. The molecule has 0 fully saturated rings. The second-order valence-electron chi connectivity index (χ2n) is 8.91. The third-order valence-corrected chi connectivity index (χ3v) is 6.15. The highest BCUT2D eigenvalue weighted by Gasteiger charge is 2.28. The summed E-state index contributed by atoms with van der Waals surface area (Å²) >= 11 is 0. The Balaban J connectivity index is 1.41. The molecule has 1 heterocycles. The van der Waals surface area contributed by atoms with Crippen molar-refractivity contribution in [2.24, 2.45) is 0 Å². The van der Waals surface area contributed by atoms with Gasteiger partial charge in [0, 0.05) is 56.4 Å². The number of hydrogen-bond donors (Lipinski definition) is 0. The molecule has 4 rings (SSSR count). The monoisotopic (exact) mass is 485 g/mol. The van der Waals surface area contributed by atoms with Crippen LogP contribution >= 0.6 is 0 Å². The Morgan fingerprint density at radius 3 is 2.00 bits per heavy atom. The summed E-state index contributed by atoms with van der Waals surface area (Å²) in [5, 5.41) is 0. The van der Waals surface area contributed by atoms with Gasteiger partial charge >= 0.3 is 0 Å². The number of aromatic nitrogens is 2. The molecule has 0 amide bonds. The molecule has 0 spiro atoms. The van der Waals surface area contributed by atoms with Crippen molar-refractivity contribution in [3.8, 4) is 11.3 Å². The highest BCUT2D eigenvalue weighted by Crippen LogP contribution is 2.31. The van der Waals surface area contributed by atoms with E-state index < -0.39 is 5.92 Å². The zero-order valence-corrected chi connectivity index (χ0v) is 20.5. The van der Waals surface area contributed by atoms with Crippen LogP contribution < -0.4 is 4.90 Å². The largest absolute Gasteiger partial charge is 0.354 e. The fourth-order valence-electron chi connectivity index (χ4n) is 4.11. The number of hydrogen-bond acceptors (Lipinski definition) is 4. The average Bonchev–Trinajstić information content (AvgIpc) is 2.90. The third kappa shape index (κ3) is 6.19. The maximum atomic E-state index is 13.8. The molecule has 0 aliphatic rings. The zero-order valence-electron chi connectivity index (χ0n) is 20.5. The van der Waals surface area contributed by atoms with Crippen LogP contribution in [0, 0.1) is 0 Å². The summed E-state index contributed by atoms with van der Waals surface area (Å²) in [5.74, 6) is -2.04. The molecule has 184 valence electrons. The lowest BCUT2D eigenvalue weighted by Gasteiger charge is -2.20. The van der Waals surface area contributed by atoms with Crippen LogP contribution in [-0.2, 0) is 30.1 Å². The van der Waals surface area contributed by atoms with Gasteiger partial charge in [0.25, 0.3) is 5.92 Å². The molecule has 1 aromatic heterocycles. The van der Waals surface area contributed by atoms with E-state index in [9.17, 15) is 13.6 Å². The van der Waals surface area contributed by atoms with E-state index in [4.69, 9.17) is 0 Å². The van der Waals surface area contributed by atoms with Crippen LogP contribution in [0.1, 0.15) is 35.6 Å². The Kier molecular flexibility index (Phi) is 7.84. The minimum absolute atomic E-state index is 0.0189. The van der Waals surface area contributed by atoms with Crippen LogP contribution in [0.5, 0.6) is 0 Å². The number of rotatable bonds is 10. The van der Waals surface area contributed by atoms with E-state index in [1.54, 1.807) is 24.5 Å². The summed E-state index contributed by atoms with van der Waals surface area (Å²) in [6.07, 6.45) is 3.59. The number of ketones is 1. The molecule has 0 unspecified atom stereocenters. The van der Waals surface area contributed by atoms with Crippen LogP contribution in [0.4, 0.5) is 14.6 Å². The molecule has 36 heavy (non-hydrogen) atoms. The fraction of sp³-hybridized carbons (Fsp3) is 0.233. The first-order chi connectivity index (χ1) is 17.4. The van der Waals surface area contributed by atoms with Gasteiger partial charge in [-0.3, -0.25) is 9.78 Å². The number of alkyl halides is 2. The van der Waals surface area contributed by atoms with E-state index in [1.165, 1.54) is 24.6 Å². The van der Waals surface area contributed by atoms with Crippen molar-refractivity contribution in [3.05, 3.63) is 114 Å². The van der Waals surface area contributed by atoms with Crippen molar-refractivity contribution in [1.29, 1.82) is 0 Å². The third-order valence-electron chi connectivity index (χ3n) is 6.15. The molecular formula is C30H29F2N3O. The molecule has 6 heteroatoms. The predicted molar refractivity (Wildman–Crippen MR) is 139 cm³/mol. The van der Waals surface area contributed by atoms with Crippen LogP contribution in [0.3, 0.4) is 0 Å². The molecule has 0 saturated carbocycles. The average molecular weight is 486 g/mol. The minimum atomic E-state index is -2.84. The Labute approximate surface area is 210 Å². The van der Waals surface area contributed by atoms with E-state index >= 15 is 0 Å². The van der Waals surface area contributed by atoms with Gasteiger partial charge in [0.05, 0.1) is 0 Å². The summed E-state index contributed by atoms with van der Waals surface area (Å²) in [6.45, 7) is 2.16. The van der Waals surface area contributed by atoms with Crippen LogP contribution in [0.25, 0.3) is 11.3 Å². The van der Waals surface area contributed by atoms with E-state index in [2.05, 4.69) is 27.0 Å². The van der Waals surface area contributed by atoms with Gasteiger partial charge in [-0.15, -0.1) is 0 Å². The predicted octanol–water partition coefficient (Wildman–Crippen LogP) is 6.64. The van der Waals surface area contributed by atoms with Gasteiger partial charge < -0.3 is 4.90 Å². The lowest BCUT2D eigenvalue weighted by molar-refractivity contribution is -0.117. The molecule has 0 aliphatic carbocycles. The maximum Gasteiger partial charge on any atom is 0.273 e. The molecular weight excluding hydrogens is 456 g/mol. The Bertz CT molecular complexity index is 1290. The fourth-order valence-corrected chi connectivity index (χ4v) is 4.11. The number of nitrogens with zero attached hydrogens (tertiary/aromatic N) is 3. The van der Waals surface area contributed by atoms with Crippen LogP contribution in [0.2, 0.25) is 0 Å². The number of Topliss-reactive ketones (excluding diaryl/α,β-unsaturated/α-hetero) is 1. The second kappa shape index (κ2) is 11.2. The summed E-state index contributed by atoms with van der Waals surface area (Å²) in [5.41, 5.74) is 4.48. The van der Waals surface area contributed by atoms with Gasteiger partial charge in [-0.2, -0.15) is 0 Å². The van der Waals surface area contributed by atoms with Crippen molar-refractivity contribution >= 4 is 11.6 Å². The van der Waals surface area contributed by atoms with Crippen LogP contribution in [0.15, 0.2) is 91.3 Å². The van der Waals surface area contributed by atoms with Gasteiger partial charge in [0.1, 0.15) is 11.5 Å². The summed E-state index contributed by atoms with van der Waals surface area (Å²) in [6, 6.07) is 24.0. The normalized spacial score (nSPS) is 11.3. The highest BCUT2D eigenvalue weighted by molar-refractivity contribution is 5.83. The number of benzene rings is 3. The van der Waals surface area contributed by atoms with Crippen molar-refractivity contribution in [2.75, 3.05) is 11.9 Å². The SMILES string of the molecule is CCC(F)(F)c1ccc(CC(=O)Cc2ccc(-c3nccnc3N(C)Cc3ccccc3)cc2)cc1. The van der Waals surface area contributed by atoms with Gasteiger partial charge in [0.2, 0.25) is 0 Å². The van der Waals surface area contributed by atoms with Gasteiger partial charge in [-0.1, -0.05) is 85.8 Å². The molecule has 0 bridgehead atoms. The first kappa shape index (κ1) is 25.2. The standard InChI is InChI=1S/C30H29F2N3O/c1-3-30(31,32)26-15-11-23(12-16-26)20-27(36)19-22-9-13-25(14-10-22)28-29(34-18-17-33-28)35(2)21-24-7-5-4-6-8-24/h4-18H,3,19-21H2,1-2H3. The number of anilines is 1. The molecule has 0 saturated heterocycles. The topological polar surface area (TPSA) is 46.1 Å². The zero-order chi connectivity index (χ0) is 25.5. The highest BCUT2D eigenvalue weighted by atomic mass is 19.3. The Morgan fingerprint density at radius 1 is 0.806 bits per heavy atom. The van der Waals surface area contributed by atoms with Gasteiger partial charge in [0.15, 0.2) is 5.82 Å². The molecule has 0 aliphatic heterocycles. The van der Waals surface area contributed by atoms with E-state index in [0.29, 0.717) is 6.54 Å². The number of halogens is 2. The molecule has 0 atom stereocenters. The van der Waals surface area contributed by atoms with Gasteiger partial charge in [-0.25, -0.2) is 13.8 Å². The molecule has 4 aromatic rings. The lowest BCUT2D eigenvalue weighted by atomic mass is 9.99. The minimum Gasteiger partial charge on any atom is -0.354 e. The van der Waals surface area contributed by atoms with Crippen molar-refractivity contribution in [2.45, 2.75) is 38.7 Å².